The zero-order valence-corrected chi connectivity index (χ0v) is 15.2. The largest absolute Gasteiger partial charge is 0.356 e. The Hall–Kier alpha value is -2.60. The number of benzene rings is 1. The molecular weight excluding hydrogens is 344 g/mol. The van der Waals surface area contributed by atoms with E-state index in [1.165, 1.54) is 11.1 Å². The van der Waals surface area contributed by atoms with Crippen molar-refractivity contribution in [1.82, 2.24) is 20.3 Å². The van der Waals surface area contributed by atoms with Gasteiger partial charge in [-0.2, -0.15) is 0 Å². The van der Waals surface area contributed by atoms with E-state index in [0.717, 1.165) is 35.7 Å². The lowest BCUT2D eigenvalue weighted by atomic mass is 9.97. The Morgan fingerprint density at radius 1 is 1.27 bits per heavy atom. The van der Waals surface area contributed by atoms with Crippen LogP contribution in [0.2, 0.25) is 0 Å². The Kier molecular flexibility index (Phi) is 5.02. The van der Waals surface area contributed by atoms with E-state index in [0.29, 0.717) is 18.9 Å². The van der Waals surface area contributed by atoms with E-state index in [-0.39, 0.29) is 5.91 Å². The Labute approximate surface area is 156 Å². The quantitative estimate of drug-likeness (QED) is 0.728. The highest BCUT2D eigenvalue weighted by molar-refractivity contribution is 7.13. The molecule has 1 amide bonds. The summed E-state index contributed by atoms with van der Waals surface area (Å²) in [5, 5.41) is 5.92. The number of fused-ring (bicyclic) bond motifs is 1. The maximum atomic E-state index is 12.3. The minimum absolute atomic E-state index is 0.121. The van der Waals surface area contributed by atoms with Crippen molar-refractivity contribution in [3.8, 4) is 10.7 Å². The van der Waals surface area contributed by atoms with Gasteiger partial charge in [0, 0.05) is 37.2 Å². The van der Waals surface area contributed by atoms with Crippen LogP contribution < -0.4 is 5.32 Å². The third-order valence-electron chi connectivity index (χ3n) is 4.73. The summed E-state index contributed by atoms with van der Waals surface area (Å²) < 4.78 is 0. The monoisotopic (exact) mass is 364 g/mol. The van der Waals surface area contributed by atoms with Crippen LogP contribution in [-0.2, 0) is 17.6 Å². The number of nitrogens with zero attached hydrogens (tertiary/aromatic N) is 3. The predicted molar refractivity (Wildman–Crippen MR) is 102 cm³/mol. The van der Waals surface area contributed by atoms with Crippen molar-refractivity contribution in [2.75, 3.05) is 6.54 Å². The topological polar surface area (TPSA) is 67.8 Å². The highest BCUT2D eigenvalue weighted by atomic mass is 32.1. The molecule has 0 saturated carbocycles. The van der Waals surface area contributed by atoms with Crippen molar-refractivity contribution in [2.24, 2.45) is 0 Å². The van der Waals surface area contributed by atoms with Gasteiger partial charge in [-0.05, 0) is 29.9 Å². The zero-order valence-electron chi connectivity index (χ0n) is 14.4. The van der Waals surface area contributed by atoms with Crippen LogP contribution >= 0.6 is 11.3 Å². The number of aryl methyl sites for hydroxylation is 1. The number of hydrogen-bond acceptors (Lipinski definition) is 5. The molecule has 132 valence electrons. The number of hydrogen-bond donors (Lipinski definition) is 1. The van der Waals surface area contributed by atoms with Crippen LogP contribution in [0.1, 0.15) is 35.6 Å². The number of carbonyl (C=O) groups excluding carboxylic acids is 1. The van der Waals surface area contributed by atoms with Gasteiger partial charge < -0.3 is 5.32 Å². The van der Waals surface area contributed by atoms with Gasteiger partial charge in [0.05, 0.1) is 11.9 Å². The van der Waals surface area contributed by atoms with Crippen molar-refractivity contribution in [3.05, 3.63) is 65.1 Å². The summed E-state index contributed by atoms with van der Waals surface area (Å²) in [5.74, 6) is 0.477. The molecule has 2 heterocycles. The first-order valence-corrected chi connectivity index (χ1v) is 9.73. The molecule has 1 N–H and O–H groups in total. The lowest BCUT2D eigenvalue weighted by molar-refractivity contribution is -0.121. The van der Waals surface area contributed by atoms with Crippen molar-refractivity contribution >= 4 is 17.2 Å². The van der Waals surface area contributed by atoms with Gasteiger partial charge in [-0.15, -0.1) is 11.3 Å². The summed E-state index contributed by atoms with van der Waals surface area (Å²) in [6, 6.07) is 8.46. The molecule has 3 aromatic rings. The van der Waals surface area contributed by atoms with E-state index in [9.17, 15) is 4.79 Å². The van der Waals surface area contributed by atoms with Crippen LogP contribution in [-0.4, -0.2) is 27.4 Å². The molecule has 0 saturated heterocycles. The molecule has 26 heavy (non-hydrogen) atoms. The third-order valence-corrected chi connectivity index (χ3v) is 5.64. The molecular formula is C20H20N4OS. The summed E-state index contributed by atoms with van der Waals surface area (Å²) in [7, 11) is 0. The Morgan fingerprint density at radius 3 is 3.08 bits per heavy atom. The van der Waals surface area contributed by atoms with Crippen LogP contribution in [0.25, 0.3) is 10.7 Å². The van der Waals surface area contributed by atoms with E-state index in [4.69, 9.17) is 0 Å². The van der Waals surface area contributed by atoms with Crippen LogP contribution in [0.5, 0.6) is 0 Å². The van der Waals surface area contributed by atoms with E-state index in [2.05, 4.69) is 44.5 Å². The molecule has 6 heteroatoms. The maximum absolute atomic E-state index is 12.3. The van der Waals surface area contributed by atoms with E-state index < -0.39 is 0 Å². The number of rotatable bonds is 6. The minimum Gasteiger partial charge on any atom is -0.356 e. The second-order valence-corrected chi connectivity index (χ2v) is 7.33. The number of amides is 1. The van der Waals surface area contributed by atoms with Crippen molar-refractivity contribution < 1.29 is 4.79 Å². The number of nitrogens with one attached hydrogen (secondary N) is 1. The van der Waals surface area contributed by atoms with Crippen molar-refractivity contribution in [1.29, 1.82) is 0 Å². The Balaban J connectivity index is 1.26. The van der Waals surface area contributed by atoms with Gasteiger partial charge in [-0.25, -0.2) is 4.98 Å². The molecule has 1 unspecified atom stereocenters. The Morgan fingerprint density at radius 2 is 2.19 bits per heavy atom. The third kappa shape index (κ3) is 3.80. The summed E-state index contributed by atoms with van der Waals surface area (Å²) in [4.78, 5) is 25.2. The second-order valence-electron chi connectivity index (χ2n) is 6.47. The molecule has 0 bridgehead atoms. The molecule has 1 aromatic carbocycles. The minimum atomic E-state index is 0.121. The van der Waals surface area contributed by atoms with Gasteiger partial charge in [-0.3, -0.25) is 14.8 Å². The molecule has 5 nitrogen and oxygen atoms in total. The first-order valence-electron chi connectivity index (χ1n) is 8.85. The smallest absolute Gasteiger partial charge is 0.220 e. The van der Waals surface area contributed by atoms with Gasteiger partial charge in [-0.1, -0.05) is 24.3 Å². The molecule has 0 aliphatic heterocycles. The molecule has 2 aromatic heterocycles. The van der Waals surface area contributed by atoms with Crippen LogP contribution in [0, 0.1) is 0 Å². The normalized spacial score (nSPS) is 15.6. The highest BCUT2D eigenvalue weighted by Gasteiger charge is 2.23. The molecule has 1 aliphatic rings. The second kappa shape index (κ2) is 7.74. The standard InChI is InChI=1S/C20H20N4OS/c25-19(11-15-6-5-14-3-1-2-4-17(14)15)23-8-7-16-13-26-20(24-16)18-12-21-9-10-22-18/h1-4,9-10,12-13,15H,5-8,11H2,(H,23,25). The molecule has 1 atom stereocenters. The summed E-state index contributed by atoms with van der Waals surface area (Å²) in [6.07, 6.45) is 8.47. The number of aromatic nitrogens is 3. The first-order chi connectivity index (χ1) is 12.8. The van der Waals surface area contributed by atoms with E-state index in [1.807, 2.05) is 5.38 Å². The zero-order chi connectivity index (χ0) is 17.8. The fraction of sp³-hybridized carbons (Fsp3) is 0.300. The van der Waals surface area contributed by atoms with Crippen molar-refractivity contribution in [2.45, 2.75) is 31.6 Å². The van der Waals surface area contributed by atoms with Gasteiger partial charge in [0.25, 0.3) is 0 Å². The van der Waals surface area contributed by atoms with Gasteiger partial charge in [0.1, 0.15) is 10.7 Å². The lowest BCUT2D eigenvalue weighted by Crippen LogP contribution is -2.26. The molecule has 0 fully saturated rings. The number of carbonyl (C=O) groups is 1. The van der Waals surface area contributed by atoms with E-state index >= 15 is 0 Å². The van der Waals surface area contributed by atoms with Gasteiger partial charge >= 0.3 is 0 Å². The molecule has 0 radical (unpaired) electrons. The summed E-state index contributed by atoms with van der Waals surface area (Å²) >= 11 is 1.55. The fourth-order valence-electron chi connectivity index (χ4n) is 3.43. The molecule has 1 aliphatic carbocycles. The molecule has 4 rings (SSSR count). The average molecular weight is 364 g/mol. The fourth-order valence-corrected chi connectivity index (χ4v) is 4.25. The first kappa shape index (κ1) is 16.8. The predicted octanol–water partition coefficient (Wildman–Crippen LogP) is 3.38. The molecule has 0 spiro atoms. The maximum Gasteiger partial charge on any atom is 0.220 e. The average Bonchev–Trinajstić information content (AvgIpc) is 3.30. The van der Waals surface area contributed by atoms with Crippen molar-refractivity contribution in [3.63, 3.8) is 0 Å². The number of thiazole rings is 1. The highest BCUT2D eigenvalue weighted by Crippen LogP contribution is 2.35. The van der Waals surface area contributed by atoms with Crippen LogP contribution in [0.4, 0.5) is 0 Å². The lowest BCUT2D eigenvalue weighted by Gasteiger charge is -2.11. The SMILES string of the molecule is O=C(CC1CCc2ccccc21)NCCc1csc(-c2cnccn2)n1. The van der Waals surface area contributed by atoms with Gasteiger partial charge in [0.2, 0.25) is 5.91 Å². The van der Waals surface area contributed by atoms with Gasteiger partial charge in [0.15, 0.2) is 0 Å². The van der Waals surface area contributed by atoms with Crippen LogP contribution in [0.15, 0.2) is 48.2 Å². The Bertz CT molecular complexity index is 894. The van der Waals surface area contributed by atoms with E-state index in [1.54, 1.807) is 29.9 Å². The summed E-state index contributed by atoms with van der Waals surface area (Å²) in [6.45, 7) is 0.608. The van der Waals surface area contributed by atoms with Crippen LogP contribution in [0.3, 0.4) is 0 Å². The summed E-state index contributed by atoms with van der Waals surface area (Å²) in [5.41, 5.74) is 4.50.